The Morgan fingerprint density at radius 2 is 1.67 bits per heavy atom. The van der Waals surface area contributed by atoms with Gasteiger partial charge in [-0.2, -0.15) is 0 Å². The summed E-state index contributed by atoms with van der Waals surface area (Å²) in [5.74, 6) is 0.462. The summed E-state index contributed by atoms with van der Waals surface area (Å²) in [4.78, 5) is 0.0516. The van der Waals surface area contributed by atoms with Gasteiger partial charge in [0.05, 0.1) is 18.5 Å². The molecule has 0 aliphatic carbocycles. The molecule has 0 spiro atoms. The maximum atomic E-state index is 12.4. The van der Waals surface area contributed by atoms with E-state index < -0.39 is 10.0 Å². The highest BCUT2D eigenvalue weighted by Gasteiger charge is 2.19. The average Bonchev–Trinajstić information content (AvgIpc) is 2.40. The molecule has 0 fully saturated rings. The average molecular weight is 306 g/mol. The quantitative estimate of drug-likeness (QED) is 0.851. The Balaban J connectivity index is 2.42. The van der Waals surface area contributed by atoms with Gasteiger partial charge in [0.15, 0.2) is 0 Å². The van der Waals surface area contributed by atoms with E-state index in [0.29, 0.717) is 11.4 Å². The number of anilines is 2. The Labute approximate surface area is 124 Å². The van der Waals surface area contributed by atoms with E-state index in [-0.39, 0.29) is 10.6 Å². The minimum Gasteiger partial charge on any atom is -0.495 e. The Morgan fingerprint density at radius 3 is 2.29 bits per heavy atom. The van der Waals surface area contributed by atoms with E-state index in [4.69, 9.17) is 10.5 Å². The molecule has 0 atom stereocenters. The number of ether oxygens (including phenoxy) is 1. The van der Waals surface area contributed by atoms with Gasteiger partial charge in [-0.15, -0.1) is 0 Å². The summed E-state index contributed by atoms with van der Waals surface area (Å²) >= 11 is 0. The third-order valence-corrected chi connectivity index (χ3v) is 4.50. The molecular weight excluding hydrogens is 288 g/mol. The van der Waals surface area contributed by atoms with Crippen LogP contribution < -0.4 is 15.2 Å². The Kier molecular flexibility index (Phi) is 4.09. The Hall–Kier alpha value is -2.21. The van der Waals surface area contributed by atoms with E-state index >= 15 is 0 Å². The van der Waals surface area contributed by atoms with E-state index in [1.165, 1.54) is 13.2 Å². The van der Waals surface area contributed by atoms with Crippen molar-refractivity contribution in [1.82, 2.24) is 0 Å². The molecule has 0 aromatic heterocycles. The van der Waals surface area contributed by atoms with Crippen molar-refractivity contribution in [3.63, 3.8) is 0 Å². The van der Waals surface area contributed by atoms with Gasteiger partial charge < -0.3 is 10.5 Å². The van der Waals surface area contributed by atoms with Gasteiger partial charge >= 0.3 is 0 Å². The number of hydrogen-bond donors (Lipinski definition) is 2. The minimum atomic E-state index is -3.76. The SMILES string of the molecule is COc1cc(C)ccc1NS(=O)(=O)c1ccc(C)cc1N. The number of methoxy groups -OCH3 is 1. The van der Waals surface area contributed by atoms with Crippen LogP contribution in [0.3, 0.4) is 0 Å². The summed E-state index contributed by atoms with van der Waals surface area (Å²) in [5, 5.41) is 0. The molecule has 0 heterocycles. The first-order valence-corrected chi connectivity index (χ1v) is 7.85. The van der Waals surface area contributed by atoms with Gasteiger partial charge in [0.2, 0.25) is 0 Å². The van der Waals surface area contributed by atoms with Gasteiger partial charge in [-0.05, 0) is 49.2 Å². The number of nitrogens with one attached hydrogen (secondary N) is 1. The predicted molar refractivity (Wildman–Crippen MR) is 84.1 cm³/mol. The molecule has 2 aromatic rings. The van der Waals surface area contributed by atoms with Crippen molar-refractivity contribution in [3.05, 3.63) is 47.5 Å². The van der Waals surface area contributed by atoms with E-state index in [9.17, 15) is 8.42 Å². The van der Waals surface area contributed by atoms with Crippen molar-refractivity contribution >= 4 is 21.4 Å². The van der Waals surface area contributed by atoms with Crippen molar-refractivity contribution in [2.24, 2.45) is 0 Å². The van der Waals surface area contributed by atoms with Crippen LogP contribution in [0.15, 0.2) is 41.3 Å². The summed E-state index contributed by atoms with van der Waals surface area (Å²) < 4.78 is 32.6. The number of nitrogens with two attached hydrogens (primary N) is 1. The lowest BCUT2D eigenvalue weighted by atomic mass is 10.2. The molecule has 0 bridgehead atoms. The van der Waals surface area contributed by atoms with E-state index in [2.05, 4.69) is 4.72 Å². The standard InChI is InChI=1S/C15H18N2O3S/c1-10-5-7-15(12(16)8-10)21(18,19)17-13-6-4-11(2)9-14(13)20-3/h4-9,17H,16H2,1-3H3. The maximum absolute atomic E-state index is 12.4. The number of rotatable bonds is 4. The second-order valence-corrected chi connectivity index (χ2v) is 6.50. The highest BCUT2D eigenvalue weighted by Crippen LogP contribution is 2.29. The summed E-state index contributed by atoms with van der Waals surface area (Å²) in [6.45, 7) is 3.75. The molecule has 2 aromatic carbocycles. The van der Waals surface area contributed by atoms with Crippen LogP contribution in [-0.2, 0) is 10.0 Å². The van der Waals surface area contributed by atoms with Gasteiger partial charge in [-0.3, -0.25) is 4.72 Å². The van der Waals surface area contributed by atoms with E-state index in [0.717, 1.165) is 11.1 Å². The third-order valence-electron chi connectivity index (χ3n) is 3.06. The van der Waals surface area contributed by atoms with Crippen LogP contribution in [0.25, 0.3) is 0 Å². The number of benzene rings is 2. The van der Waals surface area contributed by atoms with Crippen LogP contribution in [0.5, 0.6) is 5.75 Å². The topological polar surface area (TPSA) is 81.4 Å². The zero-order chi connectivity index (χ0) is 15.6. The lowest BCUT2D eigenvalue weighted by molar-refractivity contribution is 0.416. The molecule has 6 heteroatoms. The molecule has 0 unspecified atom stereocenters. The van der Waals surface area contributed by atoms with Crippen LogP contribution in [0, 0.1) is 13.8 Å². The highest BCUT2D eigenvalue weighted by atomic mass is 32.2. The van der Waals surface area contributed by atoms with Gasteiger partial charge in [0.25, 0.3) is 10.0 Å². The van der Waals surface area contributed by atoms with Crippen molar-refractivity contribution in [3.8, 4) is 5.75 Å². The van der Waals surface area contributed by atoms with Crippen LogP contribution >= 0.6 is 0 Å². The molecule has 0 radical (unpaired) electrons. The molecule has 21 heavy (non-hydrogen) atoms. The van der Waals surface area contributed by atoms with Gasteiger partial charge in [-0.1, -0.05) is 12.1 Å². The number of sulfonamides is 1. The zero-order valence-electron chi connectivity index (χ0n) is 12.2. The highest BCUT2D eigenvalue weighted by molar-refractivity contribution is 7.92. The van der Waals surface area contributed by atoms with Crippen LogP contribution in [0.2, 0.25) is 0 Å². The fourth-order valence-corrected chi connectivity index (χ4v) is 3.18. The van der Waals surface area contributed by atoms with Crippen molar-refractivity contribution in [1.29, 1.82) is 0 Å². The maximum Gasteiger partial charge on any atom is 0.264 e. The molecule has 0 saturated heterocycles. The second-order valence-electron chi connectivity index (χ2n) is 4.85. The number of nitrogen functional groups attached to an aromatic ring is 1. The molecule has 3 N–H and O–H groups in total. The lowest BCUT2D eigenvalue weighted by Crippen LogP contribution is -2.15. The molecule has 0 saturated carbocycles. The zero-order valence-corrected chi connectivity index (χ0v) is 13.0. The molecule has 0 amide bonds. The summed E-state index contributed by atoms with van der Waals surface area (Å²) in [6.07, 6.45) is 0. The van der Waals surface area contributed by atoms with Crippen molar-refractivity contribution < 1.29 is 13.2 Å². The summed E-state index contributed by atoms with van der Waals surface area (Å²) in [7, 11) is -2.27. The van der Waals surface area contributed by atoms with Gasteiger partial charge in [0, 0.05) is 0 Å². The van der Waals surface area contributed by atoms with Gasteiger partial charge in [-0.25, -0.2) is 8.42 Å². The summed E-state index contributed by atoms with van der Waals surface area (Å²) in [6, 6.07) is 10.1. The smallest absolute Gasteiger partial charge is 0.264 e. The number of hydrogen-bond acceptors (Lipinski definition) is 4. The molecule has 2 rings (SSSR count). The van der Waals surface area contributed by atoms with Crippen LogP contribution in [-0.4, -0.2) is 15.5 Å². The normalized spacial score (nSPS) is 11.2. The molecule has 0 aliphatic rings. The monoisotopic (exact) mass is 306 g/mol. The van der Waals surface area contributed by atoms with E-state index in [1.54, 1.807) is 30.3 Å². The first-order valence-electron chi connectivity index (χ1n) is 6.37. The van der Waals surface area contributed by atoms with Crippen LogP contribution in [0.4, 0.5) is 11.4 Å². The fraction of sp³-hybridized carbons (Fsp3) is 0.200. The fourth-order valence-electron chi connectivity index (χ4n) is 2.00. The first-order chi connectivity index (χ1) is 9.83. The Bertz CT molecular complexity index is 770. The first kappa shape index (κ1) is 15.2. The van der Waals surface area contributed by atoms with Crippen molar-refractivity contribution in [2.75, 3.05) is 17.6 Å². The molecular formula is C15H18N2O3S. The second kappa shape index (κ2) is 5.65. The van der Waals surface area contributed by atoms with Crippen molar-refractivity contribution in [2.45, 2.75) is 18.7 Å². The minimum absolute atomic E-state index is 0.0516. The Morgan fingerprint density at radius 1 is 1.05 bits per heavy atom. The molecule has 0 aliphatic heterocycles. The molecule has 5 nitrogen and oxygen atoms in total. The number of aryl methyl sites for hydroxylation is 2. The third kappa shape index (κ3) is 3.28. The van der Waals surface area contributed by atoms with Gasteiger partial charge in [0.1, 0.15) is 10.6 Å². The van der Waals surface area contributed by atoms with Crippen LogP contribution in [0.1, 0.15) is 11.1 Å². The lowest BCUT2D eigenvalue weighted by Gasteiger charge is -2.13. The predicted octanol–water partition coefficient (Wildman–Crippen LogP) is 2.70. The summed E-state index contributed by atoms with van der Waals surface area (Å²) in [5.41, 5.74) is 8.28. The largest absolute Gasteiger partial charge is 0.495 e. The molecule has 112 valence electrons. The van der Waals surface area contributed by atoms with E-state index in [1.807, 2.05) is 13.8 Å².